The molecule has 6 nitrogen and oxygen atoms in total. The van der Waals surface area contributed by atoms with Crippen LogP contribution < -0.4 is 10.6 Å². The SMILES string of the molecule is CCNC1COCC1C(=O)N1CCNC(=O)C1(C)C. The summed E-state index contributed by atoms with van der Waals surface area (Å²) in [7, 11) is 0. The number of nitrogens with zero attached hydrogens (tertiary/aromatic N) is 1. The van der Waals surface area contributed by atoms with Gasteiger partial charge in [-0.15, -0.1) is 0 Å². The molecule has 2 unspecified atom stereocenters. The molecule has 2 saturated heterocycles. The van der Waals surface area contributed by atoms with Crippen molar-refractivity contribution in [1.82, 2.24) is 15.5 Å². The fraction of sp³-hybridized carbons (Fsp3) is 0.846. The van der Waals surface area contributed by atoms with E-state index in [1.54, 1.807) is 18.7 Å². The van der Waals surface area contributed by atoms with Gasteiger partial charge >= 0.3 is 0 Å². The minimum absolute atomic E-state index is 0.0169. The highest BCUT2D eigenvalue weighted by atomic mass is 16.5. The fourth-order valence-corrected chi connectivity index (χ4v) is 2.75. The molecule has 2 heterocycles. The van der Waals surface area contributed by atoms with Gasteiger partial charge in [0.05, 0.1) is 19.1 Å². The molecule has 2 aliphatic rings. The zero-order valence-corrected chi connectivity index (χ0v) is 11.9. The molecule has 0 aliphatic carbocycles. The van der Waals surface area contributed by atoms with Crippen LogP contribution in [-0.2, 0) is 14.3 Å². The molecule has 2 amide bonds. The number of hydrogen-bond acceptors (Lipinski definition) is 4. The number of carbonyl (C=O) groups is 2. The van der Waals surface area contributed by atoms with Crippen LogP contribution in [0.25, 0.3) is 0 Å². The van der Waals surface area contributed by atoms with Gasteiger partial charge in [-0.3, -0.25) is 9.59 Å². The van der Waals surface area contributed by atoms with Crippen LogP contribution in [0.5, 0.6) is 0 Å². The first-order chi connectivity index (χ1) is 8.98. The van der Waals surface area contributed by atoms with E-state index < -0.39 is 5.54 Å². The minimum atomic E-state index is -0.783. The van der Waals surface area contributed by atoms with Crippen molar-refractivity contribution >= 4 is 11.8 Å². The van der Waals surface area contributed by atoms with E-state index in [-0.39, 0.29) is 23.8 Å². The van der Waals surface area contributed by atoms with Crippen molar-refractivity contribution in [3.8, 4) is 0 Å². The summed E-state index contributed by atoms with van der Waals surface area (Å²) in [6.07, 6.45) is 0. The molecule has 0 aromatic rings. The summed E-state index contributed by atoms with van der Waals surface area (Å²) in [4.78, 5) is 26.3. The van der Waals surface area contributed by atoms with Gasteiger partial charge in [0, 0.05) is 19.1 Å². The second kappa shape index (κ2) is 5.46. The number of piperazine rings is 1. The van der Waals surface area contributed by atoms with Crippen LogP contribution in [0.3, 0.4) is 0 Å². The standard InChI is InChI=1S/C13H23N3O3/c1-4-14-10-8-19-7-9(10)11(17)16-6-5-15-12(18)13(16,2)3/h9-10,14H,4-8H2,1-3H3,(H,15,18). The van der Waals surface area contributed by atoms with Crippen LogP contribution in [0, 0.1) is 5.92 Å². The molecule has 0 aromatic heterocycles. The third kappa shape index (κ3) is 2.60. The summed E-state index contributed by atoms with van der Waals surface area (Å²) in [5, 5.41) is 6.08. The van der Waals surface area contributed by atoms with Gasteiger partial charge in [0.25, 0.3) is 0 Å². The van der Waals surface area contributed by atoms with Gasteiger partial charge in [-0.1, -0.05) is 6.92 Å². The molecule has 19 heavy (non-hydrogen) atoms. The van der Waals surface area contributed by atoms with E-state index in [0.29, 0.717) is 26.3 Å². The molecule has 2 N–H and O–H groups in total. The van der Waals surface area contributed by atoms with Crippen LogP contribution in [0.1, 0.15) is 20.8 Å². The smallest absolute Gasteiger partial charge is 0.245 e. The Bertz CT molecular complexity index is 370. The lowest BCUT2D eigenvalue weighted by Gasteiger charge is -2.42. The molecule has 0 spiro atoms. The Morgan fingerprint density at radius 1 is 1.53 bits per heavy atom. The van der Waals surface area contributed by atoms with Crippen molar-refractivity contribution in [3.05, 3.63) is 0 Å². The molecule has 0 saturated carbocycles. The molecule has 2 atom stereocenters. The molecule has 0 bridgehead atoms. The Morgan fingerprint density at radius 3 is 2.95 bits per heavy atom. The Morgan fingerprint density at radius 2 is 2.26 bits per heavy atom. The summed E-state index contributed by atoms with van der Waals surface area (Å²) >= 11 is 0. The second-order valence-corrected chi connectivity index (χ2v) is 5.61. The molecule has 0 aromatic carbocycles. The van der Waals surface area contributed by atoms with Gasteiger partial charge in [-0.05, 0) is 20.4 Å². The lowest BCUT2D eigenvalue weighted by atomic mass is 9.94. The number of carbonyl (C=O) groups excluding carboxylic acids is 2. The summed E-state index contributed by atoms with van der Waals surface area (Å²) in [6.45, 7) is 8.48. The first kappa shape index (κ1) is 14.3. The largest absolute Gasteiger partial charge is 0.379 e. The van der Waals surface area contributed by atoms with Crippen LogP contribution in [0.15, 0.2) is 0 Å². The zero-order chi connectivity index (χ0) is 14.0. The normalized spacial score (nSPS) is 30.3. The van der Waals surface area contributed by atoms with Crippen molar-refractivity contribution in [1.29, 1.82) is 0 Å². The third-order valence-electron chi connectivity index (χ3n) is 3.98. The van der Waals surface area contributed by atoms with E-state index in [9.17, 15) is 9.59 Å². The highest BCUT2D eigenvalue weighted by Gasteiger charge is 2.45. The summed E-state index contributed by atoms with van der Waals surface area (Å²) < 4.78 is 5.42. The summed E-state index contributed by atoms with van der Waals surface area (Å²) in [5.74, 6) is -0.264. The summed E-state index contributed by atoms with van der Waals surface area (Å²) in [6, 6.07) is 0.0540. The number of ether oxygens (including phenoxy) is 1. The molecule has 2 fully saturated rings. The number of nitrogens with one attached hydrogen (secondary N) is 2. The van der Waals surface area contributed by atoms with Crippen LogP contribution in [-0.4, -0.2) is 61.1 Å². The van der Waals surface area contributed by atoms with Gasteiger partial charge in [0.1, 0.15) is 5.54 Å². The van der Waals surface area contributed by atoms with Crippen molar-refractivity contribution in [2.75, 3.05) is 32.8 Å². The zero-order valence-electron chi connectivity index (χ0n) is 11.9. The Hall–Kier alpha value is -1.14. The van der Waals surface area contributed by atoms with Crippen LogP contribution >= 0.6 is 0 Å². The van der Waals surface area contributed by atoms with E-state index in [0.717, 1.165) is 6.54 Å². The van der Waals surface area contributed by atoms with E-state index >= 15 is 0 Å². The maximum absolute atomic E-state index is 12.7. The molecular formula is C13H23N3O3. The van der Waals surface area contributed by atoms with Crippen molar-refractivity contribution in [2.45, 2.75) is 32.4 Å². The van der Waals surface area contributed by atoms with Gasteiger partial charge < -0.3 is 20.3 Å². The predicted octanol–water partition coefficient (Wildman–Crippen LogP) is -0.652. The van der Waals surface area contributed by atoms with E-state index in [1.165, 1.54) is 0 Å². The van der Waals surface area contributed by atoms with Crippen LogP contribution in [0.2, 0.25) is 0 Å². The highest BCUT2D eigenvalue weighted by molar-refractivity contribution is 5.92. The average molecular weight is 269 g/mol. The Labute approximate surface area is 113 Å². The molecule has 108 valence electrons. The predicted molar refractivity (Wildman–Crippen MR) is 70.6 cm³/mol. The number of amides is 2. The highest BCUT2D eigenvalue weighted by Crippen LogP contribution is 2.24. The molecule has 2 aliphatic heterocycles. The maximum Gasteiger partial charge on any atom is 0.245 e. The van der Waals surface area contributed by atoms with Crippen molar-refractivity contribution < 1.29 is 14.3 Å². The first-order valence-electron chi connectivity index (χ1n) is 6.89. The van der Waals surface area contributed by atoms with Gasteiger partial charge in [-0.25, -0.2) is 0 Å². The average Bonchev–Trinajstić information content (AvgIpc) is 2.80. The fourth-order valence-electron chi connectivity index (χ4n) is 2.75. The minimum Gasteiger partial charge on any atom is -0.379 e. The quantitative estimate of drug-likeness (QED) is 0.714. The number of hydrogen-bond donors (Lipinski definition) is 2. The monoisotopic (exact) mass is 269 g/mol. The summed E-state index contributed by atoms with van der Waals surface area (Å²) in [5.41, 5.74) is -0.783. The van der Waals surface area contributed by atoms with E-state index in [2.05, 4.69) is 10.6 Å². The lowest BCUT2D eigenvalue weighted by molar-refractivity contribution is -0.152. The van der Waals surface area contributed by atoms with Gasteiger partial charge in [0.2, 0.25) is 11.8 Å². The molecule has 2 rings (SSSR count). The topological polar surface area (TPSA) is 70.7 Å². The van der Waals surface area contributed by atoms with Gasteiger partial charge in [0.15, 0.2) is 0 Å². The maximum atomic E-state index is 12.7. The van der Waals surface area contributed by atoms with Gasteiger partial charge in [-0.2, -0.15) is 0 Å². The van der Waals surface area contributed by atoms with E-state index in [4.69, 9.17) is 4.74 Å². The van der Waals surface area contributed by atoms with Crippen molar-refractivity contribution in [3.63, 3.8) is 0 Å². The molecular weight excluding hydrogens is 246 g/mol. The first-order valence-corrected chi connectivity index (χ1v) is 6.89. The number of rotatable bonds is 3. The lowest BCUT2D eigenvalue weighted by Crippen LogP contribution is -2.65. The molecule has 0 radical (unpaired) electrons. The van der Waals surface area contributed by atoms with E-state index in [1.807, 2.05) is 6.92 Å². The van der Waals surface area contributed by atoms with Crippen LogP contribution in [0.4, 0.5) is 0 Å². The third-order valence-corrected chi connectivity index (χ3v) is 3.98. The Kier molecular flexibility index (Phi) is 4.10. The Balaban J connectivity index is 2.12. The number of likely N-dealkylation sites (N-methyl/N-ethyl adjacent to an activating group) is 1. The second-order valence-electron chi connectivity index (χ2n) is 5.61. The molecule has 6 heteroatoms. The van der Waals surface area contributed by atoms with Crippen molar-refractivity contribution in [2.24, 2.45) is 5.92 Å².